The van der Waals surface area contributed by atoms with E-state index in [9.17, 15) is 4.39 Å². The third-order valence-corrected chi connectivity index (χ3v) is 3.62. The van der Waals surface area contributed by atoms with Crippen LogP contribution in [-0.2, 0) is 13.1 Å². The summed E-state index contributed by atoms with van der Waals surface area (Å²) in [7, 11) is 0. The number of benzene rings is 1. The summed E-state index contributed by atoms with van der Waals surface area (Å²) < 4.78 is 16.0. The van der Waals surface area contributed by atoms with E-state index in [4.69, 9.17) is 0 Å². The molecular formula is C15H19BrFN3. The molecule has 0 aliphatic rings. The Bertz CT molecular complexity index is 587. The van der Waals surface area contributed by atoms with Crippen LogP contribution in [0.15, 0.2) is 35.1 Å². The van der Waals surface area contributed by atoms with Crippen molar-refractivity contribution in [3.05, 3.63) is 52.0 Å². The smallest absolute Gasteiger partial charge is 0.123 e. The first-order valence-corrected chi connectivity index (χ1v) is 7.33. The summed E-state index contributed by atoms with van der Waals surface area (Å²) in [5.41, 5.74) is 2.07. The molecule has 1 N–H and O–H groups in total. The van der Waals surface area contributed by atoms with Crippen LogP contribution in [0, 0.1) is 5.82 Å². The molecule has 0 aliphatic heterocycles. The first-order chi connectivity index (χ1) is 9.33. The van der Waals surface area contributed by atoms with Crippen LogP contribution >= 0.6 is 15.9 Å². The molecule has 0 aliphatic carbocycles. The van der Waals surface area contributed by atoms with Gasteiger partial charge in [0.1, 0.15) is 5.82 Å². The van der Waals surface area contributed by atoms with E-state index in [1.54, 1.807) is 6.07 Å². The fourth-order valence-corrected chi connectivity index (χ4v) is 2.16. The lowest BCUT2D eigenvalue weighted by Crippen LogP contribution is -2.34. The highest BCUT2D eigenvalue weighted by atomic mass is 79.9. The molecule has 0 radical (unpaired) electrons. The van der Waals surface area contributed by atoms with Crippen molar-refractivity contribution in [2.75, 3.05) is 0 Å². The summed E-state index contributed by atoms with van der Waals surface area (Å²) in [4.78, 5) is 0. The van der Waals surface area contributed by atoms with Gasteiger partial charge < -0.3 is 5.32 Å². The molecule has 0 spiro atoms. The Morgan fingerprint density at radius 3 is 2.80 bits per heavy atom. The minimum atomic E-state index is -0.232. The van der Waals surface area contributed by atoms with Crippen molar-refractivity contribution < 1.29 is 4.39 Å². The third kappa shape index (κ3) is 4.42. The van der Waals surface area contributed by atoms with Gasteiger partial charge in [-0.3, -0.25) is 4.68 Å². The highest BCUT2D eigenvalue weighted by Gasteiger charge is 2.10. The van der Waals surface area contributed by atoms with Crippen molar-refractivity contribution in [3.63, 3.8) is 0 Å². The van der Waals surface area contributed by atoms with Gasteiger partial charge in [-0.1, -0.05) is 15.9 Å². The van der Waals surface area contributed by atoms with Crippen LogP contribution in [0.2, 0.25) is 0 Å². The first kappa shape index (κ1) is 15.2. The second kappa shape index (κ2) is 6.06. The second-order valence-electron chi connectivity index (χ2n) is 5.89. The first-order valence-electron chi connectivity index (χ1n) is 6.54. The predicted molar refractivity (Wildman–Crippen MR) is 82.0 cm³/mol. The van der Waals surface area contributed by atoms with E-state index in [1.807, 2.05) is 17.1 Å². The number of aromatic nitrogens is 2. The summed E-state index contributed by atoms with van der Waals surface area (Å²) in [5.74, 6) is -0.232. The van der Waals surface area contributed by atoms with Gasteiger partial charge in [-0.2, -0.15) is 5.10 Å². The topological polar surface area (TPSA) is 29.9 Å². The standard InChI is InChI=1S/C15H19BrFN3/c1-15(2,3)18-7-11-8-19-20(9-11)10-12-6-13(17)4-5-14(12)16/h4-6,8-9,18H,7,10H2,1-3H3. The summed E-state index contributed by atoms with van der Waals surface area (Å²) in [5, 5.41) is 7.73. The lowest BCUT2D eigenvalue weighted by Gasteiger charge is -2.19. The van der Waals surface area contributed by atoms with Crippen LogP contribution < -0.4 is 5.32 Å². The van der Waals surface area contributed by atoms with Gasteiger partial charge in [0, 0.05) is 28.3 Å². The van der Waals surface area contributed by atoms with Gasteiger partial charge in [-0.25, -0.2) is 4.39 Å². The molecule has 0 bridgehead atoms. The molecule has 2 rings (SSSR count). The molecule has 0 fully saturated rings. The molecule has 0 saturated heterocycles. The minimum Gasteiger partial charge on any atom is -0.308 e. The fraction of sp³-hybridized carbons (Fsp3) is 0.400. The monoisotopic (exact) mass is 339 g/mol. The molecule has 2 aromatic rings. The molecule has 3 nitrogen and oxygen atoms in total. The van der Waals surface area contributed by atoms with E-state index in [0.29, 0.717) is 6.54 Å². The maximum absolute atomic E-state index is 13.2. The molecule has 1 heterocycles. The van der Waals surface area contributed by atoms with Crippen LogP contribution in [0.3, 0.4) is 0 Å². The Labute approximate surface area is 127 Å². The quantitative estimate of drug-likeness (QED) is 0.919. The average molecular weight is 340 g/mol. The van der Waals surface area contributed by atoms with Crippen LogP contribution in [0.4, 0.5) is 4.39 Å². The Kier molecular flexibility index (Phi) is 4.60. The third-order valence-electron chi connectivity index (χ3n) is 2.85. The van der Waals surface area contributed by atoms with Gasteiger partial charge in [0.05, 0.1) is 12.7 Å². The fourth-order valence-electron chi connectivity index (χ4n) is 1.79. The lowest BCUT2D eigenvalue weighted by molar-refractivity contribution is 0.424. The molecule has 0 amide bonds. The molecular weight excluding hydrogens is 321 g/mol. The molecule has 1 aromatic heterocycles. The Balaban J connectivity index is 2.04. The van der Waals surface area contributed by atoms with E-state index < -0.39 is 0 Å². The normalized spacial score (nSPS) is 11.8. The van der Waals surface area contributed by atoms with Crippen molar-refractivity contribution in [1.82, 2.24) is 15.1 Å². The van der Waals surface area contributed by atoms with Gasteiger partial charge in [-0.15, -0.1) is 0 Å². The van der Waals surface area contributed by atoms with Crippen LogP contribution in [0.1, 0.15) is 31.9 Å². The molecule has 0 saturated carbocycles. The molecule has 1 aromatic carbocycles. The predicted octanol–water partition coefficient (Wildman–Crippen LogP) is 3.72. The zero-order chi connectivity index (χ0) is 14.8. The van der Waals surface area contributed by atoms with E-state index in [-0.39, 0.29) is 11.4 Å². The van der Waals surface area contributed by atoms with Gasteiger partial charge in [0.15, 0.2) is 0 Å². The zero-order valence-corrected chi connectivity index (χ0v) is 13.5. The van der Waals surface area contributed by atoms with Crippen LogP contribution in [0.25, 0.3) is 0 Å². The maximum Gasteiger partial charge on any atom is 0.123 e. The number of rotatable bonds is 4. The lowest BCUT2D eigenvalue weighted by atomic mass is 10.1. The summed E-state index contributed by atoms with van der Waals surface area (Å²) in [6.07, 6.45) is 3.82. The van der Waals surface area contributed by atoms with Crippen molar-refractivity contribution >= 4 is 15.9 Å². The van der Waals surface area contributed by atoms with E-state index in [0.717, 1.165) is 22.1 Å². The highest BCUT2D eigenvalue weighted by molar-refractivity contribution is 9.10. The molecule has 20 heavy (non-hydrogen) atoms. The largest absolute Gasteiger partial charge is 0.308 e. The van der Waals surface area contributed by atoms with Gasteiger partial charge >= 0.3 is 0 Å². The minimum absolute atomic E-state index is 0.0771. The Morgan fingerprint density at radius 1 is 1.35 bits per heavy atom. The van der Waals surface area contributed by atoms with Gasteiger partial charge in [-0.05, 0) is 44.5 Å². The van der Waals surface area contributed by atoms with Crippen LogP contribution in [-0.4, -0.2) is 15.3 Å². The number of hydrogen-bond acceptors (Lipinski definition) is 2. The van der Waals surface area contributed by atoms with Crippen molar-refractivity contribution in [3.8, 4) is 0 Å². The highest BCUT2D eigenvalue weighted by Crippen LogP contribution is 2.19. The number of hydrogen-bond donors (Lipinski definition) is 1. The molecule has 0 atom stereocenters. The van der Waals surface area contributed by atoms with E-state index in [1.165, 1.54) is 12.1 Å². The maximum atomic E-state index is 13.2. The Hall–Kier alpha value is -1.20. The van der Waals surface area contributed by atoms with Gasteiger partial charge in [0.2, 0.25) is 0 Å². The van der Waals surface area contributed by atoms with Crippen LogP contribution in [0.5, 0.6) is 0 Å². The van der Waals surface area contributed by atoms with Crippen molar-refractivity contribution in [2.45, 2.75) is 39.4 Å². The van der Waals surface area contributed by atoms with Gasteiger partial charge in [0.25, 0.3) is 0 Å². The zero-order valence-electron chi connectivity index (χ0n) is 12.0. The SMILES string of the molecule is CC(C)(C)NCc1cnn(Cc2cc(F)ccc2Br)c1. The molecule has 5 heteroatoms. The summed E-state index contributed by atoms with van der Waals surface area (Å²) in [6.45, 7) is 7.70. The number of nitrogens with zero attached hydrogens (tertiary/aromatic N) is 2. The second-order valence-corrected chi connectivity index (χ2v) is 6.74. The number of halogens is 2. The van der Waals surface area contributed by atoms with Crippen molar-refractivity contribution in [1.29, 1.82) is 0 Å². The summed E-state index contributed by atoms with van der Waals surface area (Å²) >= 11 is 3.43. The van der Waals surface area contributed by atoms with E-state index in [2.05, 4.69) is 47.1 Å². The van der Waals surface area contributed by atoms with E-state index >= 15 is 0 Å². The Morgan fingerprint density at radius 2 is 2.10 bits per heavy atom. The molecule has 108 valence electrons. The van der Waals surface area contributed by atoms with Crippen molar-refractivity contribution in [2.24, 2.45) is 0 Å². The average Bonchev–Trinajstić information content (AvgIpc) is 2.78. The number of nitrogens with one attached hydrogen (secondary N) is 1. The molecule has 0 unspecified atom stereocenters. The summed E-state index contributed by atoms with van der Waals surface area (Å²) in [6, 6.07) is 4.68.